The molecule has 1 amide bonds. The number of hydrogen-bond donors (Lipinski definition) is 2. The number of aryl methyl sites for hydroxylation is 1. The number of nitrogens with one attached hydrogen (secondary N) is 1. The van der Waals surface area contributed by atoms with Gasteiger partial charge in [-0.2, -0.15) is 47.0 Å². The molecule has 5 rings (SSSR count). The summed E-state index contributed by atoms with van der Waals surface area (Å²) in [5, 5.41) is 16.4. The molecule has 14 heteroatoms. The molecule has 0 aliphatic carbocycles. The number of nitrogen functional groups attached to an aromatic ring is 1. The highest BCUT2D eigenvalue weighted by Gasteiger charge is 2.56. The molecule has 0 bridgehead atoms. The number of carbonyl (C=O) groups excluding carboxylic acids is 1. The van der Waals surface area contributed by atoms with Crippen LogP contribution in [0.25, 0.3) is 16.9 Å². The van der Waals surface area contributed by atoms with Gasteiger partial charge in [0, 0.05) is 16.8 Å². The maximum atomic E-state index is 13.6. The summed E-state index contributed by atoms with van der Waals surface area (Å²) in [7, 11) is 0. The van der Waals surface area contributed by atoms with Gasteiger partial charge in [-0.25, -0.2) is 0 Å². The lowest BCUT2D eigenvalue weighted by atomic mass is 9.77. The van der Waals surface area contributed by atoms with Crippen LogP contribution in [-0.4, -0.2) is 37.8 Å². The fourth-order valence-electron chi connectivity index (χ4n) is 4.55. The zero-order valence-corrected chi connectivity index (χ0v) is 20.7. The lowest BCUT2D eigenvalue weighted by Crippen LogP contribution is -2.36. The molecule has 4 aromatic rings. The maximum Gasteiger partial charge on any atom is 0.453 e. The predicted molar refractivity (Wildman–Crippen MR) is 132 cm³/mol. The second kappa shape index (κ2) is 8.88. The van der Waals surface area contributed by atoms with Gasteiger partial charge in [0.1, 0.15) is 17.1 Å². The third-order valence-electron chi connectivity index (χ3n) is 6.70. The van der Waals surface area contributed by atoms with Crippen molar-refractivity contribution in [3.63, 3.8) is 0 Å². The van der Waals surface area contributed by atoms with Gasteiger partial charge < -0.3 is 11.1 Å². The fraction of sp³-hybridized carbons (Fsp3) is 0.240. The van der Waals surface area contributed by atoms with Gasteiger partial charge in [0.15, 0.2) is 0 Å². The fourth-order valence-corrected chi connectivity index (χ4v) is 4.72. The van der Waals surface area contributed by atoms with Crippen LogP contribution in [0.4, 0.5) is 33.6 Å². The summed E-state index contributed by atoms with van der Waals surface area (Å²) in [4.78, 5) is 21.8. The normalized spacial score (nSPS) is 17.2. The van der Waals surface area contributed by atoms with Crippen molar-refractivity contribution in [2.75, 3.05) is 11.1 Å². The van der Waals surface area contributed by atoms with Crippen molar-refractivity contribution in [1.82, 2.24) is 19.7 Å². The molecule has 0 saturated heterocycles. The Hall–Kier alpha value is -4.31. The molecule has 0 radical (unpaired) electrons. The first-order chi connectivity index (χ1) is 18.3. The van der Waals surface area contributed by atoms with Crippen LogP contribution in [0.5, 0.6) is 0 Å². The van der Waals surface area contributed by atoms with E-state index in [-0.39, 0.29) is 44.8 Å². The molecule has 0 spiro atoms. The highest BCUT2D eigenvalue weighted by Crippen LogP contribution is 2.45. The summed E-state index contributed by atoms with van der Waals surface area (Å²) >= 11 is 6.05. The number of hydrogen-bond acceptors (Lipinski definition) is 6. The minimum absolute atomic E-state index is 0.0782. The number of nitrogens with two attached hydrogens (primary N) is 1. The van der Waals surface area contributed by atoms with E-state index in [1.165, 1.54) is 18.2 Å². The number of aromatic nitrogens is 4. The first kappa shape index (κ1) is 26.3. The number of anilines is 2. The van der Waals surface area contributed by atoms with Crippen LogP contribution < -0.4 is 11.1 Å². The number of rotatable bonds is 5. The third kappa shape index (κ3) is 4.21. The van der Waals surface area contributed by atoms with Crippen molar-refractivity contribution in [2.45, 2.75) is 37.3 Å². The lowest BCUT2D eigenvalue weighted by Gasteiger charge is -2.23. The van der Waals surface area contributed by atoms with Crippen LogP contribution in [0.3, 0.4) is 0 Å². The smallest absolute Gasteiger partial charge is 0.383 e. The van der Waals surface area contributed by atoms with E-state index in [4.69, 9.17) is 22.6 Å². The molecule has 1 atom stereocenters. The summed E-state index contributed by atoms with van der Waals surface area (Å²) < 4.78 is 66.6. The standard InChI is InChI=1S/C25H17ClF5N7O/c1-23(13-4-2-12(11-32)3-5-13)18-19(33)34-22(36-20(18)35-21(23)39)38-17-7-6-14(26)10-15(17)16(37-38)8-9-24(27,28)25(29,30)31/h2-7,10H,8-9H2,1H3,(H3,33,34,35,36,39). The second-order valence-corrected chi connectivity index (χ2v) is 9.56. The average Bonchev–Trinajstić information content (AvgIpc) is 3.36. The third-order valence-corrected chi connectivity index (χ3v) is 6.94. The van der Waals surface area contributed by atoms with Crippen LogP contribution >= 0.6 is 11.6 Å². The minimum atomic E-state index is -5.71. The van der Waals surface area contributed by atoms with Gasteiger partial charge in [0.05, 0.1) is 28.4 Å². The van der Waals surface area contributed by atoms with Gasteiger partial charge in [0.25, 0.3) is 5.95 Å². The van der Waals surface area contributed by atoms with Gasteiger partial charge in [-0.15, -0.1) is 0 Å². The summed E-state index contributed by atoms with van der Waals surface area (Å²) in [6.45, 7) is 1.62. The number of benzene rings is 2. The molecule has 1 aliphatic rings. The van der Waals surface area contributed by atoms with E-state index < -0.39 is 36.3 Å². The summed E-state index contributed by atoms with van der Waals surface area (Å²) in [5.41, 5.74) is 6.42. The van der Waals surface area contributed by atoms with Gasteiger partial charge in [-0.1, -0.05) is 23.7 Å². The summed E-state index contributed by atoms with van der Waals surface area (Å²) in [6, 6.07) is 12.7. The molecule has 3 heterocycles. The Bertz CT molecular complexity index is 1680. The molecule has 2 aromatic carbocycles. The Kier molecular flexibility index (Phi) is 5.99. The number of nitriles is 1. The topological polar surface area (TPSA) is 123 Å². The van der Waals surface area contributed by atoms with Gasteiger partial charge in [-0.05, 0) is 49.2 Å². The molecule has 39 heavy (non-hydrogen) atoms. The number of nitrogens with zero attached hydrogens (tertiary/aromatic N) is 5. The summed E-state index contributed by atoms with van der Waals surface area (Å²) in [5.74, 6) is -5.51. The van der Waals surface area contributed by atoms with Gasteiger partial charge >= 0.3 is 12.1 Å². The molecule has 8 nitrogen and oxygen atoms in total. The predicted octanol–water partition coefficient (Wildman–Crippen LogP) is 5.31. The van der Waals surface area contributed by atoms with E-state index in [1.807, 2.05) is 6.07 Å². The molecular formula is C25H17ClF5N7O. The molecule has 1 unspecified atom stereocenters. The van der Waals surface area contributed by atoms with Gasteiger partial charge in [0.2, 0.25) is 5.91 Å². The zero-order chi connectivity index (χ0) is 28.3. The second-order valence-electron chi connectivity index (χ2n) is 9.12. The minimum Gasteiger partial charge on any atom is -0.383 e. The van der Waals surface area contributed by atoms with E-state index in [0.717, 1.165) is 4.68 Å². The molecule has 2 aromatic heterocycles. The van der Waals surface area contributed by atoms with Crippen molar-refractivity contribution in [3.8, 4) is 12.0 Å². The molecule has 1 aliphatic heterocycles. The Morgan fingerprint density at radius 3 is 2.46 bits per heavy atom. The number of carbonyl (C=O) groups is 1. The maximum absolute atomic E-state index is 13.6. The first-order valence-corrected chi connectivity index (χ1v) is 11.8. The SMILES string of the molecule is CC1(c2ccc(C#N)cc2)C(=O)Nc2nc(-n3nc(CCC(F)(F)C(F)(F)F)c4cc(Cl)ccc43)nc(N)c21. The molecule has 200 valence electrons. The van der Waals surface area contributed by atoms with Gasteiger partial charge in [-0.3, -0.25) is 4.79 Å². The monoisotopic (exact) mass is 561 g/mol. The zero-order valence-electron chi connectivity index (χ0n) is 19.9. The van der Waals surface area contributed by atoms with Crippen molar-refractivity contribution < 1.29 is 26.7 Å². The van der Waals surface area contributed by atoms with E-state index >= 15 is 0 Å². The van der Waals surface area contributed by atoms with Crippen LogP contribution in [0.15, 0.2) is 42.5 Å². The molecule has 0 saturated carbocycles. The number of halogens is 6. The molecule has 0 fully saturated rings. The molecule has 3 N–H and O–H groups in total. The van der Waals surface area contributed by atoms with Crippen LogP contribution in [0.2, 0.25) is 5.02 Å². The molecular weight excluding hydrogens is 545 g/mol. The Morgan fingerprint density at radius 2 is 1.82 bits per heavy atom. The van der Waals surface area contributed by atoms with E-state index in [1.54, 1.807) is 31.2 Å². The Labute approximate surface area is 222 Å². The quantitative estimate of drug-likeness (QED) is 0.318. The van der Waals surface area contributed by atoms with Crippen molar-refractivity contribution >= 4 is 40.0 Å². The number of alkyl halides is 5. The largest absolute Gasteiger partial charge is 0.453 e. The first-order valence-electron chi connectivity index (χ1n) is 11.4. The van der Waals surface area contributed by atoms with E-state index in [9.17, 15) is 26.7 Å². The average molecular weight is 562 g/mol. The lowest BCUT2D eigenvalue weighted by molar-refractivity contribution is -0.284. The van der Waals surface area contributed by atoms with Crippen molar-refractivity contribution in [3.05, 3.63) is 69.9 Å². The highest BCUT2D eigenvalue weighted by atomic mass is 35.5. The van der Waals surface area contributed by atoms with Crippen LogP contribution in [0.1, 0.15) is 35.7 Å². The Balaban J connectivity index is 1.60. The van der Waals surface area contributed by atoms with Crippen LogP contribution in [-0.2, 0) is 16.6 Å². The number of fused-ring (bicyclic) bond motifs is 2. The van der Waals surface area contributed by atoms with Crippen molar-refractivity contribution in [2.24, 2.45) is 0 Å². The summed E-state index contributed by atoms with van der Waals surface area (Å²) in [6.07, 6.45) is -7.95. The van der Waals surface area contributed by atoms with Crippen molar-refractivity contribution in [1.29, 1.82) is 5.26 Å². The number of amides is 1. The van der Waals surface area contributed by atoms with E-state index in [0.29, 0.717) is 11.1 Å². The Morgan fingerprint density at radius 1 is 1.13 bits per heavy atom. The van der Waals surface area contributed by atoms with Crippen LogP contribution in [0, 0.1) is 11.3 Å². The highest BCUT2D eigenvalue weighted by molar-refractivity contribution is 6.31. The van der Waals surface area contributed by atoms with E-state index in [2.05, 4.69) is 20.4 Å².